The molecule has 0 bridgehead atoms. The molecule has 0 spiro atoms. The highest BCUT2D eigenvalue weighted by Gasteiger charge is 2.09. The third kappa shape index (κ3) is 1.49. The van der Waals surface area contributed by atoms with Crippen LogP contribution >= 0.6 is 23.2 Å². The lowest BCUT2D eigenvalue weighted by atomic mass is 10.3. The van der Waals surface area contributed by atoms with Crippen LogP contribution in [0.25, 0.3) is 11.1 Å². The number of oxazole rings is 1. The van der Waals surface area contributed by atoms with Gasteiger partial charge < -0.3 is 4.42 Å². The summed E-state index contributed by atoms with van der Waals surface area (Å²) in [6.45, 7) is 0. The minimum atomic E-state index is -0.438. The van der Waals surface area contributed by atoms with Crippen molar-refractivity contribution < 1.29 is 8.81 Å². The van der Waals surface area contributed by atoms with Gasteiger partial charge in [-0.3, -0.25) is 0 Å². The van der Waals surface area contributed by atoms with Gasteiger partial charge >= 0.3 is 0 Å². The maximum atomic E-state index is 12.8. The number of hydrogen-bond donors (Lipinski definition) is 0. The van der Waals surface area contributed by atoms with Gasteiger partial charge in [-0.15, -0.1) is 11.6 Å². The second-order valence-electron chi connectivity index (χ2n) is 2.48. The molecule has 5 heteroatoms. The summed E-state index contributed by atoms with van der Waals surface area (Å²) in [6.07, 6.45) is 0. The van der Waals surface area contributed by atoms with Gasteiger partial charge in [0, 0.05) is 6.07 Å². The third-order valence-corrected chi connectivity index (χ3v) is 2.08. The van der Waals surface area contributed by atoms with Crippen LogP contribution in [0.2, 0.25) is 5.02 Å². The van der Waals surface area contributed by atoms with E-state index in [-0.39, 0.29) is 10.9 Å². The predicted octanol–water partition coefficient (Wildman–Crippen LogP) is 3.36. The van der Waals surface area contributed by atoms with Gasteiger partial charge in [0.1, 0.15) is 11.3 Å². The highest BCUT2D eigenvalue weighted by molar-refractivity contribution is 6.34. The van der Waals surface area contributed by atoms with Crippen LogP contribution in [-0.2, 0) is 5.88 Å². The number of nitrogens with zero attached hydrogens (tertiary/aromatic N) is 1. The van der Waals surface area contributed by atoms with E-state index >= 15 is 0 Å². The smallest absolute Gasteiger partial charge is 0.210 e. The summed E-state index contributed by atoms with van der Waals surface area (Å²) in [5, 5.41) is 0.207. The molecule has 0 saturated heterocycles. The lowest BCUT2D eigenvalue weighted by molar-refractivity contribution is 0.554. The summed E-state index contributed by atoms with van der Waals surface area (Å²) in [5.41, 5.74) is 0.763. The van der Waals surface area contributed by atoms with Crippen LogP contribution < -0.4 is 0 Å². The molecular weight excluding hydrogens is 216 g/mol. The van der Waals surface area contributed by atoms with Gasteiger partial charge in [-0.05, 0) is 6.07 Å². The molecule has 0 N–H and O–H groups in total. The van der Waals surface area contributed by atoms with E-state index in [1.165, 1.54) is 12.1 Å². The molecule has 2 rings (SSSR count). The summed E-state index contributed by atoms with van der Waals surface area (Å²) >= 11 is 11.2. The van der Waals surface area contributed by atoms with E-state index in [2.05, 4.69) is 4.98 Å². The molecule has 0 atom stereocenters. The largest absolute Gasteiger partial charge is 0.438 e. The molecule has 0 fully saturated rings. The van der Waals surface area contributed by atoms with Crippen LogP contribution in [0.5, 0.6) is 0 Å². The number of rotatable bonds is 1. The lowest BCUT2D eigenvalue weighted by Gasteiger charge is -1.90. The summed E-state index contributed by atoms with van der Waals surface area (Å²) < 4.78 is 18.0. The van der Waals surface area contributed by atoms with Crippen molar-refractivity contribution in [3.05, 3.63) is 28.9 Å². The molecule has 1 aromatic carbocycles. The molecule has 68 valence electrons. The second kappa shape index (κ2) is 3.16. The Morgan fingerprint density at radius 1 is 1.46 bits per heavy atom. The Morgan fingerprint density at radius 2 is 2.23 bits per heavy atom. The van der Waals surface area contributed by atoms with Gasteiger partial charge in [0.15, 0.2) is 5.58 Å². The van der Waals surface area contributed by atoms with Gasteiger partial charge in [0.05, 0.1) is 10.9 Å². The molecule has 1 aromatic heterocycles. The number of aromatic nitrogens is 1. The van der Waals surface area contributed by atoms with Crippen LogP contribution in [0.15, 0.2) is 16.5 Å². The number of benzene rings is 1. The zero-order valence-electron chi connectivity index (χ0n) is 6.35. The van der Waals surface area contributed by atoms with E-state index in [4.69, 9.17) is 27.6 Å². The van der Waals surface area contributed by atoms with Crippen LogP contribution in [0.4, 0.5) is 4.39 Å². The minimum absolute atomic E-state index is 0.145. The van der Waals surface area contributed by atoms with Crippen LogP contribution in [0, 0.1) is 5.82 Å². The number of alkyl halides is 1. The fourth-order valence-electron chi connectivity index (χ4n) is 1.06. The summed E-state index contributed by atoms with van der Waals surface area (Å²) in [7, 11) is 0. The molecule has 0 aliphatic carbocycles. The Kier molecular flexibility index (Phi) is 2.14. The van der Waals surface area contributed by atoms with Crippen molar-refractivity contribution in [3.8, 4) is 0 Å². The first-order chi connectivity index (χ1) is 6.20. The molecule has 0 aliphatic rings. The van der Waals surface area contributed by atoms with Crippen LogP contribution in [0.1, 0.15) is 5.89 Å². The Balaban J connectivity index is 2.75. The SMILES string of the molecule is Fc1cc(Cl)c2oc(CCl)nc2c1. The van der Waals surface area contributed by atoms with E-state index in [1.54, 1.807) is 0 Å². The predicted molar refractivity (Wildman–Crippen MR) is 48.5 cm³/mol. The topological polar surface area (TPSA) is 26.0 Å². The Morgan fingerprint density at radius 3 is 2.92 bits per heavy atom. The van der Waals surface area contributed by atoms with Crippen molar-refractivity contribution in [2.45, 2.75) is 5.88 Å². The third-order valence-electron chi connectivity index (χ3n) is 1.57. The average molecular weight is 220 g/mol. The number of halogens is 3. The van der Waals surface area contributed by atoms with Crippen molar-refractivity contribution >= 4 is 34.3 Å². The van der Waals surface area contributed by atoms with Crippen molar-refractivity contribution in [2.75, 3.05) is 0 Å². The minimum Gasteiger partial charge on any atom is -0.438 e. The van der Waals surface area contributed by atoms with E-state index in [0.717, 1.165) is 0 Å². The molecule has 13 heavy (non-hydrogen) atoms. The normalized spacial score (nSPS) is 11.0. The molecule has 2 nitrogen and oxygen atoms in total. The second-order valence-corrected chi connectivity index (χ2v) is 3.15. The van der Waals surface area contributed by atoms with E-state index in [1.807, 2.05) is 0 Å². The molecule has 2 aromatic rings. The quantitative estimate of drug-likeness (QED) is 0.688. The molecule has 1 heterocycles. The average Bonchev–Trinajstić information content (AvgIpc) is 2.47. The van der Waals surface area contributed by atoms with Gasteiger partial charge in [0.2, 0.25) is 5.89 Å². The maximum absolute atomic E-state index is 12.8. The summed E-state index contributed by atoms with van der Waals surface area (Å²) in [5.74, 6) is 0.0446. The van der Waals surface area contributed by atoms with Gasteiger partial charge in [-0.2, -0.15) is 0 Å². The summed E-state index contributed by atoms with van der Waals surface area (Å²) in [4.78, 5) is 3.93. The van der Waals surface area contributed by atoms with Crippen molar-refractivity contribution in [3.63, 3.8) is 0 Å². The molecule has 0 radical (unpaired) electrons. The van der Waals surface area contributed by atoms with Gasteiger partial charge in [-0.1, -0.05) is 11.6 Å². The first-order valence-electron chi connectivity index (χ1n) is 3.51. The van der Waals surface area contributed by atoms with E-state index in [9.17, 15) is 4.39 Å². The zero-order chi connectivity index (χ0) is 9.42. The van der Waals surface area contributed by atoms with Crippen molar-refractivity contribution in [1.82, 2.24) is 4.98 Å². The fourth-order valence-corrected chi connectivity index (χ4v) is 1.42. The lowest BCUT2D eigenvalue weighted by Crippen LogP contribution is -1.76. The molecule has 0 unspecified atom stereocenters. The fraction of sp³-hybridized carbons (Fsp3) is 0.125. The first-order valence-corrected chi connectivity index (χ1v) is 4.42. The highest BCUT2D eigenvalue weighted by atomic mass is 35.5. The molecular formula is C8H4Cl2FNO. The molecule has 0 aliphatic heterocycles. The highest BCUT2D eigenvalue weighted by Crippen LogP contribution is 2.25. The first kappa shape index (κ1) is 8.78. The van der Waals surface area contributed by atoms with Crippen molar-refractivity contribution in [2.24, 2.45) is 0 Å². The van der Waals surface area contributed by atoms with Gasteiger partial charge in [0.25, 0.3) is 0 Å². The number of fused-ring (bicyclic) bond motifs is 1. The van der Waals surface area contributed by atoms with Gasteiger partial charge in [-0.25, -0.2) is 9.37 Å². The number of hydrogen-bond acceptors (Lipinski definition) is 2. The monoisotopic (exact) mass is 219 g/mol. The Hall–Kier alpha value is -0.800. The van der Waals surface area contributed by atoms with Crippen molar-refractivity contribution in [1.29, 1.82) is 0 Å². The van der Waals surface area contributed by atoms with Crippen LogP contribution in [0.3, 0.4) is 0 Å². The standard InChI is InChI=1S/C8H4Cl2FNO/c9-3-7-12-6-2-4(11)1-5(10)8(6)13-7/h1-2H,3H2. The molecule has 0 amide bonds. The zero-order valence-corrected chi connectivity index (χ0v) is 7.86. The summed E-state index contributed by atoms with van der Waals surface area (Å²) in [6, 6.07) is 2.42. The van der Waals surface area contributed by atoms with E-state index < -0.39 is 5.82 Å². The Bertz CT molecular complexity index is 455. The van der Waals surface area contributed by atoms with E-state index in [0.29, 0.717) is 17.0 Å². The Labute approximate surface area is 83.3 Å². The maximum Gasteiger partial charge on any atom is 0.210 e. The molecule has 0 saturated carbocycles. The van der Waals surface area contributed by atoms with Crippen LogP contribution in [-0.4, -0.2) is 4.98 Å².